The predicted octanol–water partition coefficient (Wildman–Crippen LogP) is 2.22. The lowest BCUT2D eigenvalue weighted by Crippen LogP contribution is -2.46. The van der Waals surface area contributed by atoms with E-state index >= 15 is 0 Å². The van der Waals surface area contributed by atoms with Crippen LogP contribution in [-0.2, 0) is 26.5 Å². The molecule has 0 bridgehead atoms. The molecule has 23 heavy (non-hydrogen) atoms. The molecule has 6 nitrogen and oxygen atoms in total. The molecule has 0 N–H and O–H groups in total. The number of benzene rings is 1. The quantitative estimate of drug-likeness (QED) is 0.817. The molecule has 0 saturated carbocycles. The lowest BCUT2D eigenvalue weighted by molar-refractivity contribution is -0.304. The van der Waals surface area contributed by atoms with Crippen molar-refractivity contribution in [3.05, 3.63) is 48.5 Å². The van der Waals surface area contributed by atoms with Gasteiger partial charge in [0.15, 0.2) is 0 Å². The molecule has 124 valence electrons. The molecule has 0 unspecified atom stereocenters. The van der Waals surface area contributed by atoms with Gasteiger partial charge in [-0.1, -0.05) is 30.3 Å². The Hall–Kier alpha value is -1.76. The van der Waals surface area contributed by atoms with E-state index in [-0.39, 0.29) is 12.0 Å². The fourth-order valence-electron chi connectivity index (χ4n) is 2.59. The van der Waals surface area contributed by atoms with Gasteiger partial charge in [0, 0.05) is 11.5 Å². The first-order chi connectivity index (χ1) is 11.2. The van der Waals surface area contributed by atoms with Crippen LogP contribution in [0.2, 0.25) is 0 Å². The van der Waals surface area contributed by atoms with Gasteiger partial charge in [0.2, 0.25) is 5.79 Å². The Labute approximate surface area is 136 Å². The summed E-state index contributed by atoms with van der Waals surface area (Å²) in [7, 11) is 0. The van der Waals surface area contributed by atoms with Crippen LogP contribution in [0.3, 0.4) is 0 Å². The Morgan fingerprint density at radius 2 is 2.00 bits per heavy atom. The SMILES string of the molecule is CC(C)OCC1COC(Cn2cncn2)(c2ccccc2)OC1. The van der Waals surface area contributed by atoms with E-state index in [1.54, 1.807) is 11.0 Å². The van der Waals surface area contributed by atoms with Crippen LogP contribution in [0.1, 0.15) is 19.4 Å². The predicted molar refractivity (Wildman–Crippen MR) is 84.6 cm³/mol. The summed E-state index contributed by atoms with van der Waals surface area (Å²) in [4.78, 5) is 4.00. The summed E-state index contributed by atoms with van der Waals surface area (Å²) in [5, 5.41) is 4.18. The van der Waals surface area contributed by atoms with Gasteiger partial charge in [-0.2, -0.15) is 5.10 Å². The number of ether oxygens (including phenoxy) is 3. The fourth-order valence-corrected chi connectivity index (χ4v) is 2.59. The lowest BCUT2D eigenvalue weighted by atomic mass is 10.0. The van der Waals surface area contributed by atoms with Crippen molar-refractivity contribution in [3.8, 4) is 0 Å². The van der Waals surface area contributed by atoms with Crippen molar-refractivity contribution in [1.82, 2.24) is 14.8 Å². The first-order valence-electron chi connectivity index (χ1n) is 7.95. The third-order valence-corrected chi connectivity index (χ3v) is 3.82. The minimum absolute atomic E-state index is 0.214. The van der Waals surface area contributed by atoms with E-state index < -0.39 is 5.79 Å². The molecule has 0 amide bonds. The van der Waals surface area contributed by atoms with Gasteiger partial charge in [0.05, 0.1) is 25.9 Å². The summed E-state index contributed by atoms with van der Waals surface area (Å²) in [6, 6.07) is 9.98. The minimum Gasteiger partial charge on any atom is -0.378 e. The average Bonchev–Trinajstić information content (AvgIpc) is 3.08. The largest absolute Gasteiger partial charge is 0.378 e. The van der Waals surface area contributed by atoms with E-state index in [4.69, 9.17) is 14.2 Å². The molecule has 0 radical (unpaired) electrons. The van der Waals surface area contributed by atoms with Crippen LogP contribution in [0.15, 0.2) is 43.0 Å². The average molecular weight is 317 g/mol. The van der Waals surface area contributed by atoms with Crippen LogP contribution in [0.5, 0.6) is 0 Å². The molecule has 3 rings (SSSR count). The fraction of sp³-hybridized carbons (Fsp3) is 0.529. The van der Waals surface area contributed by atoms with E-state index in [2.05, 4.69) is 10.1 Å². The third kappa shape index (κ3) is 3.96. The summed E-state index contributed by atoms with van der Waals surface area (Å²) < 4.78 is 19.8. The second kappa shape index (κ2) is 7.21. The van der Waals surface area contributed by atoms with E-state index in [9.17, 15) is 0 Å². The van der Waals surface area contributed by atoms with Crippen LogP contribution in [0.4, 0.5) is 0 Å². The maximum atomic E-state index is 6.18. The molecule has 6 heteroatoms. The molecular formula is C17H23N3O3. The Bertz CT molecular complexity index is 578. The zero-order valence-electron chi connectivity index (χ0n) is 13.6. The standard InChI is InChI=1S/C17H23N3O3/c1-14(2)21-8-15-9-22-17(23-10-15,11-20-13-18-12-19-20)16-6-4-3-5-7-16/h3-7,12-15H,8-11H2,1-2H3. The normalized spacial score (nSPS) is 24.9. The van der Waals surface area contributed by atoms with Gasteiger partial charge in [0.25, 0.3) is 0 Å². The smallest absolute Gasteiger partial charge is 0.215 e. The molecular weight excluding hydrogens is 294 g/mol. The van der Waals surface area contributed by atoms with E-state index in [1.807, 2.05) is 44.2 Å². The van der Waals surface area contributed by atoms with Gasteiger partial charge in [-0.15, -0.1) is 0 Å². The summed E-state index contributed by atoms with van der Waals surface area (Å²) in [6.07, 6.45) is 3.40. The first kappa shape index (κ1) is 16.1. The zero-order chi connectivity index (χ0) is 16.1. The van der Waals surface area contributed by atoms with E-state index in [1.165, 1.54) is 6.33 Å². The van der Waals surface area contributed by atoms with Crippen molar-refractivity contribution < 1.29 is 14.2 Å². The van der Waals surface area contributed by atoms with Crippen LogP contribution in [0.25, 0.3) is 0 Å². The van der Waals surface area contributed by atoms with Gasteiger partial charge in [-0.3, -0.25) is 0 Å². The molecule has 1 saturated heterocycles. The van der Waals surface area contributed by atoms with E-state index in [0.29, 0.717) is 26.4 Å². The zero-order valence-corrected chi connectivity index (χ0v) is 13.6. The van der Waals surface area contributed by atoms with Crippen molar-refractivity contribution in [2.75, 3.05) is 19.8 Å². The van der Waals surface area contributed by atoms with Crippen molar-refractivity contribution in [3.63, 3.8) is 0 Å². The van der Waals surface area contributed by atoms with Crippen molar-refractivity contribution in [2.45, 2.75) is 32.3 Å². The monoisotopic (exact) mass is 317 g/mol. The van der Waals surface area contributed by atoms with Crippen LogP contribution in [0, 0.1) is 5.92 Å². The number of aromatic nitrogens is 3. The molecule has 2 heterocycles. The molecule has 2 aromatic rings. The maximum Gasteiger partial charge on any atom is 0.215 e. The Kier molecular flexibility index (Phi) is 5.05. The highest BCUT2D eigenvalue weighted by Crippen LogP contribution is 2.34. The molecule has 1 aliphatic heterocycles. The molecule has 0 spiro atoms. The summed E-state index contributed by atoms with van der Waals surface area (Å²) >= 11 is 0. The van der Waals surface area contributed by atoms with Crippen molar-refractivity contribution in [1.29, 1.82) is 0 Å². The summed E-state index contributed by atoms with van der Waals surface area (Å²) in [6.45, 7) is 6.36. The van der Waals surface area contributed by atoms with Gasteiger partial charge >= 0.3 is 0 Å². The second-order valence-corrected chi connectivity index (χ2v) is 6.08. The first-order valence-corrected chi connectivity index (χ1v) is 7.95. The van der Waals surface area contributed by atoms with Crippen LogP contribution in [-0.4, -0.2) is 40.7 Å². The number of hydrogen-bond donors (Lipinski definition) is 0. The lowest BCUT2D eigenvalue weighted by Gasteiger charge is -2.40. The Balaban J connectivity index is 1.73. The molecule has 1 aliphatic rings. The maximum absolute atomic E-state index is 6.18. The molecule has 0 aliphatic carbocycles. The third-order valence-electron chi connectivity index (χ3n) is 3.82. The summed E-state index contributed by atoms with van der Waals surface area (Å²) in [5.41, 5.74) is 0.985. The highest BCUT2D eigenvalue weighted by Gasteiger charge is 2.40. The number of rotatable bonds is 6. The minimum atomic E-state index is -0.830. The van der Waals surface area contributed by atoms with Crippen molar-refractivity contribution in [2.24, 2.45) is 5.92 Å². The van der Waals surface area contributed by atoms with Crippen LogP contribution < -0.4 is 0 Å². The Morgan fingerprint density at radius 1 is 1.26 bits per heavy atom. The Morgan fingerprint density at radius 3 is 2.61 bits per heavy atom. The molecule has 1 aromatic carbocycles. The van der Waals surface area contributed by atoms with Gasteiger partial charge in [-0.05, 0) is 13.8 Å². The molecule has 1 fully saturated rings. The van der Waals surface area contributed by atoms with E-state index in [0.717, 1.165) is 5.56 Å². The van der Waals surface area contributed by atoms with Crippen LogP contribution >= 0.6 is 0 Å². The highest BCUT2D eigenvalue weighted by molar-refractivity contribution is 5.20. The number of hydrogen-bond acceptors (Lipinski definition) is 5. The second-order valence-electron chi connectivity index (χ2n) is 6.08. The highest BCUT2D eigenvalue weighted by atomic mass is 16.7. The van der Waals surface area contributed by atoms with Gasteiger partial charge < -0.3 is 14.2 Å². The molecule has 0 atom stereocenters. The summed E-state index contributed by atoms with van der Waals surface area (Å²) in [5.74, 6) is -0.589. The molecule has 1 aromatic heterocycles. The van der Waals surface area contributed by atoms with Gasteiger partial charge in [-0.25, -0.2) is 9.67 Å². The van der Waals surface area contributed by atoms with Crippen molar-refractivity contribution >= 4 is 0 Å². The number of nitrogens with zero attached hydrogens (tertiary/aromatic N) is 3. The van der Waals surface area contributed by atoms with Gasteiger partial charge in [0.1, 0.15) is 19.2 Å². The topological polar surface area (TPSA) is 58.4 Å².